The molecule has 0 saturated carbocycles. The Bertz CT molecular complexity index is 490. The molecule has 4 nitrogen and oxygen atoms in total. The quantitative estimate of drug-likeness (QED) is 0.878. The van der Waals surface area contributed by atoms with Crippen LogP contribution in [0.25, 0.3) is 0 Å². The third-order valence-electron chi connectivity index (χ3n) is 3.03. The Balaban J connectivity index is 2.08. The molecule has 1 aromatic heterocycles. The summed E-state index contributed by atoms with van der Waals surface area (Å²) >= 11 is 0. The highest BCUT2D eigenvalue weighted by molar-refractivity contribution is 5.28. The maximum absolute atomic E-state index is 6.20. The Labute approximate surface area is 107 Å². The molecule has 0 spiro atoms. The third kappa shape index (κ3) is 2.71. The summed E-state index contributed by atoms with van der Waals surface area (Å²) in [5.74, 6) is 1.80. The molecule has 1 aromatic carbocycles. The highest BCUT2D eigenvalue weighted by Gasteiger charge is 2.12. The first-order chi connectivity index (χ1) is 8.74. The zero-order chi connectivity index (χ0) is 13.0. The van der Waals surface area contributed by atoms with Crippen LogP contribution in [0.15, 0.2) is 36.7 Å². The Morgan fingerprint density at radius 3 is 2.67 bits per heavy atom. The van der Waals surface area contributed by atoms with E-state index in [4.69, 9.17) is 10.5 Å². The van der Waals surface area contributed by atoms with Crippen LogP contribution in [0.2, 0.25) is 0 Å². The van der Waals surface area contributed by atoms with Crippen molar-refractivity contribution in [2.75, 3.05) is 7.11 Å². The van der Waals surface area contributed by atoms with E-state index in [1.54, 1.807) is 13.3 Å². The molecule has 4 heteroatoms. The summed E-state index contributed by atoms with van der Waals surface area (Å²) in [7, 11) is 1.67. The molecule has 18 heavy (non-hydrogen) atoms. The topological polar surface area (TPSA) is 53.1 Å². The number of hydrogen-bond acceptors (Lipinski definition) is 3. The SMILES string of the molecule is CCn1ccnc1C(N)Cc1ccc(OC)cc1. The van der Waals surface area contributed by atoms with E-state index < -0.39 is 0 Å². The number of aryl methyl sites for hydroxylation is 1. The molecule has 0 aliphatic rings. The second-order valence-corrected chi connectivity index (χ2v) is 4.23. The summed E-state index contributed by atoms with van der Waals surface area (Å²) in [5, 5.41) is 0. The van der Waals surface area contributed by atoms with Crippen molar-refractivity contribution in [3.8, 4) is 5.75 Å². The van der Waals surface area contributed by atoms with E-state index in [0.29, 0.717) is 0 Å². The molecule has 0 radical (unpaired) electrons. The van der Waals surface area contributed by atoms with Gasteiger partial charge in [0, 0.05) is 18.9 Å². The highest BCUT2D eigenvalue weighted by Crippen LogP contribution is 2.17. The van der Waals surface area contributed by atoms with Gasteiger partial charge in [-0.2, -0.15) is 0 Å². The van der Waals surface area contributed by atoms with Crippen molar-refractivity contribution in [1.29, 1.82) is 0 Å². The van der Waals surface area contributed by atoms with Crippen LogP contribution in [0.4, 0.5) is 0 Å². The molecule has 0 aliphatic heterocycles. The monoisotopic (exact) mass is 245 g/mol. The normalized spacial score (nSPS) is 12.4. The first-order valence-corrected chi connectivity index (χ1v) is 6.14. The van der Waals surface area contributed by atoms with Gasteiger partial charge in [-0.05, 0) is 31.0 Å². The molecule has 0 amide bonds. The first-order valence-electron chi connectivity index (χ1n) is 6.14. The smallest absolute Gasteiger partial charge is 0.125 e. The zero-order valence-corrected chi connectivity index (χ0v) is 10.8. The summed E-state index contributed by atoms with van der Waals surface area (Å²) < 4.78 is 7.21. The van der Waals surface area contributed by atoms with Gasteiger partial charge in [0.1, 0.15) is 11.6 Å². The Morgan fingerprint density at radius 1 is 1.33 bits per heavy atom. The average Bonchev–Trinajstić information content (AvgIpc) is 2.88. The number of benzene rings is 1. The molecular formula is C14H19N3O. The molecular weight excluding hydrogens is 226 g/mol. The van der Waals surface area contributed by atoms with Crippen LogP contribution in [0.3, 0.4) is 0 Å². The molecule has 1 unspecified atom stereocenters. The van der Waals surface area contributed by atoms with Crippen molar-refractivity contribution < 1.29 is 4.74 Å². The third-order valence-corrected chi connectivity index (χ3v) is 3.03. The molecule has 2 aromatic rings. The van der Waals surface area contributed by atoms with Gasteiger partial charge in [0.25, 0.3) is 0 Å². The molecule has 1 atom stereocenters. The van der Waals surface area contributed by atoms with Gasteiger partial charge in [0.05, 0.1) is 13.2 Å². The average molecular weight is 245 g/mol. The maximum atomic E-state index is 6.20. The highest BCUT2D eigenvalue weighted by atomic mass is 16.5. The summed E-state index contributed by atoms with van der Waals surface area (Å²) in [6.45, 7) is 2.98. The van der Waals surface area contributed by atoms with Crippen molar-refractivity contribution in [1.82, 2.24) is 9.55 Å². The van der Waals surface area contributed by atoms with E-state index in [1.165, 1.54) is 5.56 Å². The van der Waals surface area contributed by atoms with E-state index in [9.17, 15) is 0 Å². The maximum Gasteiger partial charge on any atom is 0.125 e. The van der Waals surface area contributed by atoms with Crippen molar-refractivity contribution in [2.24, 2.45) is 5.73 Å². The van der Waals surface area contributed by atoms with Crippen molar-refractivity contribution in [3.63, 3.8) is 0 Å². The van der Waals surface area contributed by atoms with Crippen LogP contribution in [0.1, 0.15) is 24.4 Å². The number of rotatable bonds is 5. The predicted octanol–water partition coefficient (Wildman–Crippen LogP) is 2.15. The van der Waals surface area contributed by atoms with E-state index in [-0.39, 0.29) is 6.04 Å². The second kappa shape index (κ2) is 5.69. The Morgan fingerprint density at radius 2 is 2.06 bits per heavy atom. The molecule has 1 heterocycles. The minimum absolute atomic E-state index is 0.0756. The van der Waals surface area contributed by atoms with Gasteiger partial charge in [-0.3, -0.25) is 0 Å². The molecule has 2 rings (SSSR count). The molecule has 0 aliphatic carbocycles. The fourth-order valence-electron chi connectivity index (χ4n) is 2.02. The van der Waals surface area contributed by atoms with Gasteiger partial charge in [0.15, 0.2) is 0 Å². The Kier molecular flexibility index (Phi) is 3.99. The molecule has 96 valence electrons. The summed E-state index contributed by atoms with van der Waals surface area (Å²) in [6.07, 6.45) is 4.54. The number of nitrogens with zero attached hydrogens (tertiary/aromatic N) is 2. The van der Waals surface area contributed by atoms with Gasteiger partial charge in [-0.1, -0.05) is 12.1 Å². The van der Waals surface area contributed by atoms with E-state index in [0.717, 1.165) is 24.5 Å². The molecule has 0 saturated heterocycles. The lowest BCUT2D eigenvalue weighted by Gasteiger charge is -2.13. The van der Waals surface area contributed by atoms with Gasteiger partial charge in [-0.25, -0.2) is 4.98 Å². The van der Waals surface area contributed by atoms with Crippen LogP contribution < -0.4 is 10.5 Å². The van der Waals surface area contributed by atoms with Gasteiger partial charge >= 0.3 is 0 Å². The summed E-state index contributed by atoms with van der Waals surface area (Å²) in [6, 6.07) is 7.91. The largest absolute Gasteiger partial charge is 0.497 e. The number of ether oxygens (including phenoxy) is 1. The predicted molar refractivity (Wildman–Crippen MR) is 71.5 cm³/mol. The number of methoxy groups -OCH3 is 1. The lowest BCUT2D eigenvalue weighted by molar-refractivity contribution is 0.414. The van der Waals surface area contributed by atoms with Gasteiger partial charge in [-0.15, -0.1) is 0 Å². The minimum atomic E-state index is -0.0756. The van der Waals surface area contributed by atoms with Crippen LogP contribution in [0.5, 0.6) is 5.75 Å². The van der Waals surface area contributed by atoms with E-state index in [2.05, 4.69) is 16.5 Å². The molecule has 0 fully saturated rings. The fraction of sp³-hybridized carbons (Fsp3) is 0.357. The van der Waals surface area contributed by atoms with Crippen LogP contribution in [-0.4, -0.2) is 16.7 Å². The van der Waals surface area contributed by atoms with Crippen LogP contribution in [-0.2, 0) is 13.0 Å². The minimum Gasteiger partial charge on any atom is -0.497 e. The van der Waals surface area contributed by atoms with Crippen molar-refractivity contribution in [2.45, 2.75) is 25.9 Å². The first kappa shape index (κ1) is 12.6. The molecule has 2 N–H and O–H groups in total. The summed E-state index contributed by atoms with van der Waals surface area (Å²) in [4.78, 5) is 4.33. The standard InChI is InChI=1S/C14H19N3O/c1-3-17-9-8-16-14(17)13(15)10-11-4-6-12(18-2)7-5-11/h4-9,13H,3,10,15H2,1-2H3. The fourth-order valence-corrected chi connectivity index (χ4v) is 2.02. The van der Waals surface area contributed by atoms with Crippen LogP contribution in [0, 0.1) is 0 Å². The van der Waals surface area contributed by atoms with E-state index >= 15 is 0 Å². The van der Waals surface area contributed by atoms with Crippen LogP contribution >= 0.6 is 0 Å². The lowest BCUT2D eigenvalue weighted by atomic mass is 10.1. The number of aromatic nitrogens is 2. The summed E-state index contributed by atoms with van der Waals surface area (Å²) in [5.41, 5.74) is 7.39. The zero-order valence-electron chi connectivity index (χ0n) is 10.8. The van der Waals surface area contributed by atoms with E-state index in [1.807, 2.05) is 30.5 Å². The van der Waals surface area contributed by atoms with Gasteiger partial charge < -0.3 is 15.0 Å². The van der Waals surface area contributed by atoms with Crippen molar-refractivity contribution in [3.05, 3.63) is 48.0 Å². The Hall–Kier alpha value is -1.81. The second-order valence-electron chi connectivity index (χ2n) is 4.23. The van der Waals surface area contributed by atoms with Gasteiger partial charge in [0.2, 0.25) is 0 Å². The lowest BCUT2D eigenvalue weighted by Crippen LogP contribution is -2.18. The number of nitrogens with two attached hydrogens (primary N) is 1. The number of imidazole rings is 1. The van der Waals surface area contributed by atoms with Crippen molar-refractivity contribution >= 4 is 0 Å². The number of hydrogen-bond donors (Lipinski definition) is 1. The molecule has 0 bridgehead atoms.